The fourth-order valence-corrected chi connectivity index (χ4v) is 2.22. The second-order valence-electron chi connectivity index (χ2n) is 4.86. The molecule has 0 spiro atoms. The Bertz CT molecular complexity index is 461. The van der Waals surface area contributed by atoms with E-state index in [2.05, 4.69) is 17.6 Å². The molecule has 5 heteroatoms. The van der Waals surface area contributed by atoms with Gasteiger partial charge >= 0.3 is 6.09 Å². The summed E-state index contributed by atoms with van der Waals surface area (Å²) in [7, 11) is 0. The fourth-order valence-electron chi connectivity index (χ4n) is 2.22. The van der Waals surface area contributed by atoms with Crippen molar-refractivity contribution in [3.63, 3.8) is 0 Å². The number of carbonyl (C=O) groups excluding carboxylic acids is 2. The molecule has 2 amide bonds. The van der Waals surface area contributed by atoms with E-state index in [0.29, 0.717) is 6.54 Å². The number of benzene rings is 1. The first-order valence-corrected chi connectivity index (χ1v) is 7.02. The Balaban J connectivity index is 1.98. The van der Waals surface area contributed by atoms with E-state index >= 15 is 0 Å². The molecule has 108 valence electrons. The van der Waals surface area contributed by atoms with Crippen molar-refractivity contribution in [2.75, 3.05) is 6.54 Å². The van der Waals surface area contributed by atoms with Gasteiger partial charge in [-0.25, -0.2) is 4.79 Å². The summed E-state index contributed by atoms with van der Waals surface area (Å²) in [6.07, 6.45) is 2.02. The van der Waals surface area contributed by atoms with Crippen LogP contribution in [0.3, 0.4) is 0 Å². The number of amides is 2. The molecular formula is C15H20N2O3. The highest BCUT2D eigenvalue weighted by atomic mass is 16.6. The van der Waals surface area contributed by atoms with Crippen LogP contribution in [0.1, 0.15) is 37.9 Å². The molecule has 2 rings (SSSR count). The van der Waals surface area contributed by atoms with Crippen molar-refractivity contribution < 1.29 is 14.3 Å². The van der Waals surface area contributed by atoms with Crippen LogP contribution in [-0.4, -0.2) is 24.6 Å². The second kappa shape index (κ2) is 6.93. The molecule has 2 unspecified atom stereocenters. The van der Waals surface area contributed by atoms with Gasteiger partial charge < -0.3 is 15.4 Å². The Morgan fingerprint density at radius 2 is 2.05 bits per heavy atom. The molecule has 1 heterocycles. The molecule has 1 aromatic rings. The first-order chi connectivity index (χ1) is 9.72. The Hall–Kier alpha value is -2.04. The van der Waals surface area contributed by atoms with Crippen molar-refractivity contribution in [3.05, 3.63) is 35.9 Å². The minimum atomic E-state index is -0.661. The Kier molecular flexibility index (Phi) is 4.98. The highest BCUT2D eigenvalue weighted by molar-refractivity contribution is 5.88. The molecule has 0 saturated carbocycles. The predicted molar refractivity (Wildman–Crippen MR) is 75.1 cm³/mol. The summed E-state index contributed by atoms with van der Waals surface area (Å²) in [5.74, 6) is -0.194. The number of unbranched alkanes of at least 4 members (excludes halogenated alkanes) is 2. The lowest BCUT2D eigenvalue weighted by Crippen LogP contribution is -2.44. The van der Waals surface area contributed by atoms with Crippen LogP contribution in [0, 0.1) is 0 Å². The Morgan fingerprint density at radius 1 is 1.30 bits per heavy atom. The minimum absolute atomic E-state index is 0.194. The molecule has 2 N–H and O–H groups in total. The maximum atomic E-state index is 12.1. The van der Waals surface area contributed by atoms with E-state index in [0.717, 1.165) is 24.8 Å². The minimum Gasteiger partial charge on any atom is -0.439 e. The van der Waals surface area contributed by atoms with Crippen LogP contribution in [0.5, 0.6) is 0 Å². The Morgan fingerprint density at radius 3 is 2.75 bits per heavy atom. The average molecular weight is 276 g/mol. The number of hydrogen-bond donors (Lipinski definition) is 2. The number of alkyl carbamates (subject to hydrolysis) is 1. The SMILES string of the molecule is CCCCCNC(=O)C1NC(=O)OC1c1ccccc1. The van der Waals surface area contributed by atoms with Gasteiger partial charge in [-0.2, -0.15) is 0 Å². The molecule has 1 aliphatic heterocycles. The lowest BCUT2D eigenvalue weighted by molar-refractivity contribution is -0.124. The maximum absolute atomic E-state index is 12.1. The van der Waals surface area contributed by atoms with Gasteiger partial charge in [0.25, 0.3) is 0 Å². The molecule has 1 aromatic carbocycles. The van der Waals surface area contributed by atoms with Crippen molar-refractivity contribution in [2.45, 2.75) is 38.3 Å². The van der Waals surface area contributed by atoms with Gasteiger partial charge in [0, 0.05) is 6.54 Å². The summed E-state index contributed by atoms with van der Waals surface area (Å²) >= 11 is 0. The van der Waals surface area contributed by atoms with Crippen molar-refractivity contribution in [3.8, 4) is 0 Å². The molecule has 0 bridgehead atoms. The van der Waals surface area contributed by atoms with Crippen LogP contribution in [0.15, 0.2) is 30.3 Å². The normalized spacial score (nSPS) is 21.1. The van der Waals surface area contributed by atoms with Gasteiger partial charge in [0.05, 0.1) is 0 Å². The maximum Gasteiger partial charge on any atom is 0.408 e. The van der Waals surface area contributed by atoms with Crippen molar-refractivity contribution >= 4 is 12.0 Å². The van der Waals surface area contributed by atoms with Crippen LogP contribution >= 0.6 is 0 Å². The second-order valence-corrected chi connectivity index (χ2v) is 4.86. The zero-order valence-electron chi connectivity index (χ0n) is 11.6. The predicted octanol–water partition coefficient (Wildman–Crippen LogP) is 2.14. The molecule has 1 aliphatic rings. The van der Waals surface area contributed by atoms with E-state index in [1.54, 1.807) is 0 Å². The number of ether oxygens (including phenoxy) is 1. The molecule has 0 aliphatic carbocycles. The van der Waals surface area contributed by atoms with Crippen LogP contribution in [0.25, 0.3) is 0 Å². The number of carbonyl (C=O) groups is 2. The summed E-state index contributed by atoms with van der Waals surface area (Å²) in [5.41, 5.74) is 0.819. The largest absolute Gasteiger partial charge is 0.439 e. The summed E-state index contributed by atoms with van der Waals surface area (Å²) in [6.45, 7) is 2.73. The van der Waals surface area contributed by atoms with Gasteiger partial charge in [-0.05, 0) is 12.0 Å². The molecule has 1 saturated heterocycles. The third kappa shape index (κ3) is 3.50. The third-order valence-electron chi connectivity index (χ3n) is 3.30. The summed E-state index contributed by atoms with van der Waals surface area (Å²) < 4.78 is 5.20. The van der Waals surface area contributed by atoms with Crippen molar-refractivity contribution in [1.82, 2.24) is 10.6 Å². The highest BCUT2D eigenvalue weighted by Crippen LogP contribution is 2.26. The first kappa shape index (κ1) is 14.4. The number of nitrogens with one attached hydrogen (secondary N) is 2. The van der Waals surface area contributed by atoms with Crippen molar-refractivity contribution in [2.24, 2.45) is 0 Å². The quantitative estimate of drug-likeness (QED) is 0.782. The fraction of sp³-hybridized carbons (Fsp3) is 0.467. The molecule has 5 nitrogen and oxygen atoms in total. The lowest BCUT2D eigenvalue weighted by Gasteiger charge is -2.16. The van der Waals surface area contributed by atoms with Crippen LogP contribution in [0.4, 0.5) is 4.79 Å². The zero-order chi connectivity index (χ0) is 14.4. The van der Waals surface area contributed by atoms with E-state index in [9.17, 15) is 9.59 Å². The first-order valence-electron chi connectivity index (χ1n) is 7.02. The number of rotatable bonds is 6. The number of hydrogen-bond acceptors (Lipinski definition) is 3. The van der Waals surface area contributed by atoms with E-state index in [1.807, 2.05) is 30.3 Å². The monoisotopic (exact) mass is 276 g/mol. The average Bonchev–Trinajstić information content (AvgIpc) is 2.86. The van der Waals surface area contributed by atoms with Gasteiger partial charge in [-0.3, -0.25) is 4.79 Å². The zero-order valence-corrected chi connectivity index (χ0v) is 11.6. The van der Waals surface area contributed by atoms with Crippen molar-refractivity contribution in [1.29, 1.82) is 0 Å². The van der Waals surface area contributed by atoms with Crippen LogP contribution < -0.4 is 10.6 Å². The van der Waals surface area contributed by atoms with Crippen LogP contribution in [0.2, 0.25) is 0 Å². The van der Waals surface area contributed by atoms with Gasteiger partial charge in [0.1, 0.15) is 0 Å². The van der Waals surface area contributed by atoms with E-state index in [1.165, 1.54) is 0 Å². The summed E-state index contributed by atoms with van der Waals surface area (Å²) in [5, 5.41) is 5.42. The van der Waals surface area contributed by atoms with Gasteiger partial charge in [0.15, 0.2) is 12.1 Å². The van der Waals surface area contributed by atoms with Gasteiger partial charge in [0.2, 0.25) is 5.91 Å². The molecule has 1 fully saturated rings. The van der Waals surface area contributed by atoms with Gasteiger partial charge in [-0.1, -0.05) is 50.1 Å². The molecular weight excluding hydrogens is 256 g/mol. The van der Waals surface area contributed by atoms with E-state index < -0.39 is 18.2 Å². The molecule has 2 atom stereocenters. The topological polar surface area (TPSA) is 67.4 Å². The molecule has 0 radical (unpaired) electrons. The number of cyclic esters (lactones) is 1. The van der Waals surface area contributed by atoms with Gasteiger partial charge in [-0.15, -0.1) is 0 Å². The third-order valence-corrected chi connectivity index (χ3v) is 3.30. The highest BCUT2D eigenvalue weighted by Gasteiger charge is 2.39. The Labute approximate surface area is 118 Å². The standard InChI is InChI=1S/C15H20N2O3/c1-2-3-7-10-16-14(18)12-13(20-15(19)17-12)11-8-5-4-6-9-11/h4-6,8-9,12-13H,2-3,7,10H2,1H3,(H,16,18)(H,17,19). The smallest absolute Gasteiger partial charge is 0.408 e. The summed E-state index contributed by atoms with van der Waals surface area (Å²) in [4.78, 5) is 23.5. The summed E-state index contributed by atoms with van der Waals surface area (Å²) in [6, 6.07) is 8.64. The van der Waals surface area contributed by atoms with E-state index in [-0.39, 0.29) is 5.91 Å². The molecule has 20 heavy (non-hydrogen) atoms. The lowest BCUT2D eigenvalue weighted by atomic mass is 10.0. The molecule has 0 aromatic heterocycles. The van der Waals surface area contributed by atoms with E-state index in [4.69, 9.17) is 4.74 Å². The van der Waals surface area contributed by atoms with Crippen LogP contribution in [-0.2, 0) is 9.53 Å².